The van der Waals surface area contributed by atoms with E-state index in [9.17, 15) is 9.59 Å². The number of carbonyl (C=O) groups is 2. The molecule has 4 nitrogen and oxygen atoms in total. The van der Waals surface area contributed by atoms with Crippen LogP contribution >= 0.6 is 0 Å². The Labute approximate surface area is 128 Å². The molecule has 0 aromatic rings. The van der Waals surface area contributed by atoms with Crippen LogP contribution < -0.4 is 5.32 Å². The predicted molar refractivity (Wildman–Crippen MR) is 81.6 cm³/mol. The number of ether oxygens (including phenoxy) is 1. The third-order valence-corrected chi connectivity index (χ3v) is 5.03. The van der Waals surface area contributed by atoms with Gasteiger partial charge in [0.25, 0.3) is 0 Å². The maximum atomic E-state index is 12.1. The Hall–Kier alpha value is -1.06. The van der Waals surface area contributed by atoms with E-state index in [1.807, 2.05) is 0 Å². The fourth-order valence-corrected chi connectivity index (χ4v) is 3.66. The summed E-state index contributed by atoms with van der Waals surface area (Å²) in [5.41, 5.74) is 0. The molecule has 4 atom stereocenters. The summed E-state index contributed by atoms with van der Waals surface area (Å²) in [5, 5.41) is 2.90. The van der Waals surface area contributed by atoms with Crippen LogP contribution in [-0.2, 0) is 14.3 Å². The summed E-state index contributed by atoms with van der Waals surface area (Å²) in [5.74, 6) is 1.71. The van der Waals surface area contributed by atoms with E-state index in [1.54, 1.807) is 0 Å². The van der Waals surface area contributed by atoms with E-state index >= 15 is 0 Å². The molecule has 1 aliphatic carbocycles. The van der Waals surface area contributed by atoms with Gasteiger partial charge in [0.15, 0.2) is 0 Å². The van der Waals surface area contributed by atoms with Crippen LogP contribution in [0.5, 0.6) is 0 Å². The summed E-state index contributed by atoms with van der Waals surface area (Å²) in [6.07, 6.45) is 6.05. The Balaban J connectivity index is 1.78. The first-order valence-corrected chi connectivity index (χ1v) is 8.44. The lowest BCUT2D eigenvalue weighted by molar-refractivity contribution is -0.156. The second kappa shape index (κ2) is 7.28. The van der Waals surface area contributed by atoms with E-state index < -0.39 is 0 Å². The Kier molecular flexibility index (Phi) is 5.65. The molecule has 21 heavy (non-hydrogen) atoms. The van der Waals surface area contributed by atoms with Crippen LogP contribution in [0.15, 0.2) is 0 Å². The first kappa shape index (κ1) is 16.3. The molecule has 1 N–H and O–H groups in total. The second-order valence-corrected chi connectivity index (χ2v) is 7.20. The minimum absolute atomic E-state index is 0.0828. The summed E-state index contributed by atoms with van der Waals surface area (Å²) in [6.45, 7) is 6.68. The van der Waals surface area contributed by atoms with Crippen molar-refractivity contribution in [3.05, 3.63) is 0 Å². The molecular formula is C17H29NO3. The highest BCUT2D eigenvalue weighted by atomic mass is 16.5. The number of carbonyl (C=O) groups excluding carboxylic acids is 2. The molecule has 2 rings (SSSR count). The largest absolute Gasteiger partial charge is 0.462 e. The van der Waals surface area contributed by atoms with Gasteiger partial charge in [-0.15, -0.1) is 0 Å². The smallest absolute Gasteiger partial charge is 0.306 e. The SMILES string of the molecule is CC1CCC(C(C)C)C(OC(=O)CCC2CCC(=O)N2)C1. The van der Waals surface area contributed by atoms with Crippen molar-refractivity contribution in [2.45, 2.75) is 77.9 Å². The van der Waals surface area contributed by atoms with Crippen molar-refractivity contribution in [3.63, 3.8) is 0 Å². The zero-order valence-corrected chi connectivity index (χ0v) is 13.6. The van der Waals surface area contributed by atoms with Crippen LogP contribution in [0.2, 0.25) is 0 Å². The van der Waals surface area contributed by atoms with E-state index in [0.29, 0.717) is 37.0 Å². The molecule has 4 unspecified atom stereocenters. The lowest BCUT2D eigenvalue weighted by atomic mass is 9.75. The first-order valence-electron chi connectivity index (χ1n) is 8.44. The van der Waals surface area contributed by atoms with Gasteiger partial charge in [0.2, 0.25) is 5.91 Å². The van der Waals surface area contributed by atoms with Crippen molar-refractivity contribution in [3.8, 4) is 0 Å². The third kappa shape index (κ3) is 4.72. The highest BCUT2D eigenvalue weighted by Crippen LogP contribution is 2.35. The molecule has 1 aliphatic heterocycles. The maximum Gasteiger partial charge on any atom is 0.306 e. The van der Waals surface area contributed by atoms with Crippen LogP contribution in [0.3, 0.4) is 0 Å². The summed E-state index contributed by atoms with van der Waals surface area (Å²) in [4.78, 5) is 23.2. The van der Waals surface area contributed by atoms with Crippen molar-refractivity contribution in [1.82, 2.24) is 5.32 Å². The molecule has 0 radical (unpaired) electrons. The molecule has 1 saturated carbocycles. The van der Waals surface area contributed by atoms with Gasteiger partial charge in [0.1, 0.15) is 6.10 Å². The van der Waals surface area contributed by atoms with Crippen molar-refractivity contribution in [2.75, 3.05) is 0 Å². The summed E-state index contributed by atoms with van der Waals surface area (Å²) >= 11 is 0. The van der Waals surface area contributed by atoms with Crippen molar-refractivity contribution >= 4 is 11.9 Å². The second-order valence-electron chi connectivity index (χ2n) is 7.20. The fourth-order valence-electron chi connectivity index (χ4n) is 3.66. The van der Waals surface area contributed by atoms with Gasteiger partial charge in [-0.25, -0.2) is 0 Å². The molecule has 0 bridgehead atoms. The summed E-state index contributed by atoms with van der Waals surface area (Å²) in [7, 11) is 0. The van der Waals surface area contributed by atoms with Gasteiger partial charge in [-0.1, -0.05) is 27.2 Å². The van der Waals surface area contributed by atoms with Gasteiger partial charge in [0.05, 0.1) is 0 Å². The number of esters is 1. The fraction of sp³-hybridized carbons (Fsp3) is 0.882. The standard InChI is InChI=1S/C17H29NO3/c1-11(2)14-7-4-12(3)10-15(14)21-17(20)9-6-13-5-8-16(19)18-13/h11-15H,4-10H2,1-3H3,(H,18,19). The average molecular weight is 295 g/mol. The minimum atomic E-state index is -0.0964. The third-order valence-electron chi connectivity index (χ3n) is 5.03. The van der Waals surface area contributed by atoms with E-state index in [-0.39, 0.29) is 24.0 Å². The quantitative estimate of drug-likeness (QED) is 0.793. The Morgan fingerprint density at radius 2 is 2.10 bits per heavy atom. The lowest BCUT2D eigenvalue weighted by Crippen LogP contribution is -2.36. The zero-order chi connectivity index (χ0) is 15.4. The number of hydrogen-bond donors (Lipinski definition) is 1. The number of hydrogen-bond acceptors (Lipinski definition) is 3. The van der Waals surface area contributed by atoms with Gasteiger partial charge in [-0.3, -0.25) is 9.59 Å². The van der Waals surface area contributed by atoms with E-state index in [1.165, 1.54) is 6.42 Å². The van der Waals surface area contributed by atoms with Crippen LogP contribution in [0, 0.1) is 17.8 Å². The Bertz CT molecular complexity index is 380. The lowest BCUT2D eigenvalue weighted by Gasteiger charge is -2.36. The molecule has 1 heterocycles. The molecule has 0 aromatic carbocycles. The van der Waals surface area contributed by atoms with E-state index in [2.05, 4.69) is 26.1 Å². The zero-order valence-electron chi connectivity index (χ0n) is 13.6. The van der Waals surface area contributed by atoms with Gasteiger partial charge in [0, 0.05) is 18.9 Å². The van der Waals surface area contributed by atoms with Crippen molar-refractivity contribution in [1.29, 1.82) is 0 Å². The molecule has 120 valence electrons. The molecule has 1 amide bonds. The van der Waals surface area contributed by atoms with E-state index in [4.69, 9.17) is 4.74 Å². The first-order chi connectivity index (χ1) is 9.95. The molecule has 2 fully saturated rings. The van der Waals surface area contributed by atoms with Gasteiger partial charge < -0.3 is 10.1 Å². The molecule has 4 heteroatoms. The molecule has 0 aromatic heterocycles. The minimum Gasteiger partial charge on any atom is -0.462 e. The molecule has 0 spiro atoms. The molecule has 2 aliphatic rings. The Morgan fingerprint density at radius 3 is 2.71 bits per heavy atom. The van der Waals surface area contributed by atoms with Gasteiger partial charge >= 0.3 is 5.97 Å². The average Bonchev–Trinajstić information content (AvgIpc) is 2.82. The monoisotopic (exact) mass is 295 g/mol. The van der Waals surface area contributed by atoms with Crippen LogP contribution in [0.4, 0.5) is 0 Å². The van der Waals surface area contributed by atoms with Crippen LogP contribution in [0.1, 0.15) is 65.7 Å². The van der Waals surface area contributed by atoms with Crippen molar-refractivity contribution in [2.24, 2.45) is 17.8 Å². The van der Waals surface area contributed by atoms with Gasteiger partial charge in [-0.2, -0.15) is 0 Å². The molecular weight excluding hydrogens is 266 g/mol. The van der Waals surface area contributed by atoms with Crippen LogP contribution in [0.25, 0.3) is 0 Å². The van der Waals surface area contributed by atoms with Crippen LogP contribution in [-0.4, -0.2) is 24.0 Å². The predicted octanol–water partition coefficient (Wildman–Crippen LogP) is 3.05. The highest BCUT2D eigenvalue weighted by Gasteiger charge is 2.33. The van der Waals surface area contributed by atoms with E-state index in [0.717, 1.165) is 19.3 Å². The molecule has 1 saturated heterocycles. The van der Waals surface area contributed by atoms with Crippen molar-refractivity contribution < 1.29 is 14.3 Å². The summed E-state index contributed by atoms with van der Waals surface area (Å²) in [6, 6.07) is 0.163. The maximum absolute atomic E-state index is 12.1. The number of amides is 1. The van der Waals surface area contributed by atoms with Gasteiger partial charge in [-0.05, 0) is 43.4 Å². The number of nitrogens with one attached hydrogen (secondary N) is 1. The topological polar surface area (TPSA) is 55.4 Å². The summed E-state index contributed by atoms with van der Waals surface area (Å²) < 4.78 is 5.77. The highest BCUT2D eigenvalue weighted by molar-refractivity contribution is 5.78. The Morgan fingerprint density at radius 1 is 1.33 bits per heavy atom. The normalized spacial score (nSPS) is 33.0. The number of rotatable bonds is 5.